The highest BCUT2D eigenvalue weighted by atomic mass is 32.1. The standard InChI is InChI=1S/C30H28N4O5S/c1-5-24(28(35)34-30-33-23(16-40-30)19-11-13-25(37-3)26(15-19)38-4)39-29(36)20-10-12-21-22(14-20)32-27(31-21)18-8-6-17(2)7-9-18/h6-16,24H,5H2,1-4H3,(H,31,32)(H,33,34,35). The fourth-order valence-electron chi connectivity index (χ4n) is 4.15. The number of ether oxygens (including phenoxy) is 3. The van der Waals surface area contributed by atoms with Gasteiger partial charge in [-0.15, -0.1) is 11.3 Å². The van der Waals surface area contributed by atoms with Gasteiger partial charge in [-0.1, -0.05) is 36.8 Å². The number of amides is 1. The van der Waals surface area contributed by atoms with Crippen LogP contribution in [0, 0.1) is 6.92 Å². The van der Waals surface area contributed by atoms with Gasteiger partial charge in [-0.3, -0.25) is 10.1 Å². The number of hydrogen-bond donors (Lipinski definition) is 2. The van der Waals surface area contributed by atoms with E-state index >= 15 is 0 Å². The van der Waals surface area contributed by atoms with Crippen LogP contribution in [0.2, 0.25) is 0 Å². The third kappa shape index (κ3) is 5.67. The van der Waals surface area contributed by atoms with Crippen molar-refractivity contribution in [3.05, 3.63) is 77.2 Å². The number of aryl methyl sites for hydroxylation is 1. The molecule has 0 aliphatic heterocycles. The molecular formula is C30H28N4O5S. The average Bonchev–Trinajstić information content (AvgIpc) is 3.62. The fourth-order valence-corrected chi connectivity index (χ4v) is 4.87. The van der Waals surface area contributed by atoms with Crippen LogP contribution in [0.15, 0.2) is 66.0 Å². The maximum absolute atomic E-state index is 13.0. The number of carbonyl (C=O) groups excluding carboxylic acids is 2. The topological polar surface area (TPSA) is 115 Å². The van der Waals surface area contributed by atoms with E-state index in [4.69, 9.17) is 14.2 Å². The van der Waals surface area contributed by atoms with Crippen LogP contribution >= 0.6 is 11.3 Å². The molecule has 1 atom stereocenters. The Labute approximate surface area is 235 Å². The molecule has 2 aromatic heterocycles. The number of aromatic nitrogens is 3. The second kappa shape index (κ2) is 11.6. The first-order chi connectivity index (χ1) is 19.4. The Kier molecular flexibility index (Phi) is 7.79. The summed E-state index contributed by atoms with van der Waals surface area (Å²) in [6.45, 7) is 3.80. The monoisotopic (exact) mass is 556 g/mol. The molecule has 0 aliphatic rings. The van der Waals surface area contributed by atoms with Crippen LogP contribution in [0.5, 0.6) is 11.5 Å². The number of anilines is 1. The maximum Gasteiger partial charge on any atom is 0.338 e. The van der Waals surface area contributed by atoms with Gasteiger partial charge in [-0.25, -0.2) is 14.8 Å². The molecule has 2 N–H and O–H groups in total. The van der Waals surface area contributed by atoms with Crippen molar-refractivity contribution in [3.8, 4) is 34.1 Å². The molecule has 0 bridgehead atoms. The molecule has 0 saturated carbocycles. The van der Waals surface area contributed by atoms with Gasteiger partial charge in [0.1, 0.15) is 5.82 Å². The first-order valence-electron chi connectivity index (χ1n) is 12.6. The Bertz CT molecular complexity index is 1680. The van der Waals surface area contributed by atoms with Crippen molar-refractivity contribution in [1.82, 2.24) is 15.0 Å². The number of imidazole rings is 1. The number of benzene rings is 3. The molecular weight excluding hydrogens is 528 g/mol. The fraction of sp³-hybridized carbons (Fsp3) is 0.200. The Hall–Kier alpha value is -4.70. The second-order valence-electron chi connectivity index (χ2n) is 9.08. The Morgan fingerprint density at radius 3 is 2.42 bits per heavy atom. The van der Waals surface area contributed by atoms with Crippen LogP contribution < -0.4 is 14.8 Å². The lowest BCUT2D eigenvalue weighted by molar-refractivity contribution is -0.124. The summed E-state index contributed by atoms with van der Waals surface area (Å²) < 4.78 is 16.2. The van der Waals surface area contributed by atoms with Crippen LogP contribution in [-0.4, -0.2) is 47.2 Å². The van der Waals surface area contributed by atoms with Gasteiger partial charge >= 0.3 is 5.97 Å². The van der Waals surface area contributed by atoms with Crippen molar-refractivity contribution >= 4 is 39.4 Å². The molecule has 1 unspecified atom stereocenters. The van der Waals surface area contributed by atoms with Crippen LogP contribution in [-0.2, 0) is 9.53 Å². The van der Waals surface area contributed by atoms with Crippen molar-refractivity contribution in [2.24, 2.45) is 0 Å². The molecule has 0 saturated heterocycles. The summed E-state index contributed by atoms with van der Waals surface area (Å²) >= 11 is 1.28. The lowest BCUT2D eigenvalue weighted by Crippen LogP contribution is -2.32. The van der Waals surface area contributed by atoms with Gasteiger partial charge in [0.15, 0.2) is 22.7 Å². The van der Waals surface area contributed by atoms with Gasteiger partial charge < -0.3 is 19.2 Å². The molecule has 5 aromatic rings. The Morgan fingerprint density at radius 1 is 0.950 bits per heavy atom. The van der Waals surface area contributed by atoms with Crippen molar-refractivity contribution < 1.29 is 23.8 Å². The predicted molar refractivity (Wildman–Crippen MR) is 155 cm³/mol. The molecule has 204 valence electrons. The molecule has 0 radical (unpaired) electrons. The highest BCUT2D eigenvalue weighted by Crippen LogP contribution is 2.33. The van der Waals surface area contributed by atoms with Gasteiger partial charge in [0.2, 0.25) is 0 Å². The highest BCUT2D eigenvalue weighted by molar-refractivity contribution is 7.14. The largest absolute Gasteiger partial charge is 0.493 e. The number of aromatic amines is 1. The number of nitrogens with zero attached hydrogens (tertiary/aromatic N) is 2. The molecule has 3 aromatic carbocycles. The van der Waals surface area contributed by atoms with Gasteiger partial charge in [0, 0.05) is 16.5 Å². The van der Waals surface area contributed by atoms with E-state index < -0.39 is 18.0 Å². The van der Waals surface area contributed by atoms with Gasteiger partial charge in [-0.2, -0.15) is 0 Å². The Balaban J connectivity index is 1.26. The van der Waals surface area contributed by atoms with E-state index in [1.54, 1.807) is 45.4 Å². The van der Waals surface area contributed by atoms with Crippen LogP contribution in [0.4, 0.5) is 5.13 Å². The van der Waals surface area contributed by atoms with Crippen LogP contribution in [0.1, 0.15) is 29.3 Å². The number of thiazole rings is 1. The zero-order valence-electron chi connectivity index (χ0n) is 22.5. The molecule has 9 nitrogen and oxygen atoms in total. The number of carbonyl (C=O) groups is 2. The van der Waals surface area contributed by atoms with Crippen molar-refractivity contribution in [2.45, 2.75) is 26.4 Å². The first-order valence-corrected chi connectivity index (χ1v) is 13.5. The minimum absolute atomic E-state index is 0.301. The van der Waals surface area contributed by atoms with Gasteiger partial charge in [-0.05, 0) is 49.7 Å². The van der Waals surface area contributed by atoms with E-state index in [0.717, 1.165) is 22.2 Å². The van der Waals surface area contributed by atoms with E-state index in [2.05, 4.69) is 20.3 Å². The van der Waals surface area contributed by atoms with E-state index in [1.165, 1.54) is 11.3 Å². The molecule has 0 fully saturated rings. The number of esters is 1. The minimum atomic E-state index is -0.985. The smallest absolute Gasteiger partial charge is 0.338 e. The molecule has 0 spiro atoms. The first kappa shape index (κ1) is 26.9. The molecule has 2 heterocycles. The normalized spacial score (nSPS) is 11.7. The van der Waals surface area contributed by atoms with E-state index in [9.17, 15) is 9.59 Å². The SMILES string of the molecule is CCC(OC(=O)c1ccc2nc(-c3ccc(C)cc3)[nH]c2c1)C(=O)Nc1nc(-c2ccc(OC)c(OC)c2)cs1. The number of nitrogens with one attached hydrogen (secondary N) is 2. The quantitative estimate of drug-likeness (QED) is 0.206. The molecule has 1 amide bonds. The minimum Gasteiger partial charge on any atom is -0.493 e. The summed E-state index contributed by atoms with van der Waals surface area (Å²) in [5, 5.41) is 4.99. The Morgan fingerprint density at radius 2 is 1.70 bits per heavy atom. The number of hydrogen-bond acceptors (Lipinski definition) is 8. The lowest BCUT2D eigenvalue weighted by Gasteiger charge is -2.15. The zero-order valence-corrected chi connectivity index (χ0v) is 23.3. The van der Waals surface area contributed by atoms with Gasteiger partial charge in [0.25, 0.3) is 5.91 Å². The average molecular weight is 557 g/mol. The van der Waals surface area contributed by atoms with Gasteiger partial charge in [0.05, 0.1) is 36.5 Å². The van der Waals surface area contributed by atoms with Crippen molar-refractivity contribution in [1.29, 1.82) is 0 Å². The summed E-state index contributed by atoms with van der Waals surface area (Å²) in [5.41, 5.74) is 5.34. The van der Waals surface area contributed by atoms with Crippen LogP contribution in [0.25, 0.3) is 33.7 Å². The second-order valence-corrected chi connectivity index (χ2v) is 9.94. The third-order valence-corrected chi connectivity index (χ3v) is 7.13. The van der Waals surface area contributed by atoms with Crippen molar-refractivity contribution in [3.63, 3.8) is 0 Å². The zero-order chi connectivity index (χ0) is 28.2. The molecule has 5 rings (SSSR count). The highest BCUT2D eigenvalue weighted by Gasteiger charge is 2.24. The van der Waals surface area contributed by atoms with E-state index in [1.807, 2.05) is 48.7 Å². The third-order valence-electron chi connectivity index (χ3n) is 6.37. The molecule has 0 aliphatic carbocycles. The van der Waals surface area contributed by atoms with Crippen LogP contribution in [0.3, 0.4) is 0 Å². The summed E-state index contributed by atoms with van der Waals surface area (Å²) in [4.78, 5) is 38.3. The maximum atomic E-state index is 13.0. The summed E-state index contributed by atoms with van der Waals surface area (Å²) in [6, 6.07) is 18.6. The lowest BCUT2D eigenvalue weighted by atomic mass is 10.1. The van der Waals surface area contributed by atoms with Crippen molar-refractivity contribution in [2.75, 3.05) is 19.5 Å². The molecule has 10 heteroatoms. The number of fused-ring (bicyclic) bond motifs is 1. The predicted octanol–water partition coefficient (Wildman–Crippen LogP) is 6.25. The van der Waals surface area contributed by atoms with E-state index in [0.29, 0.717) is 45.6 Å². The molecule has 40 heavy (non-hydrogen) atoms. The summed E-state index contributed by atoms with van der Waals surface area (Å²) in [6.07, 6.45) is -0.684. The van der Waals surface area contributed by atoms with E-state index in [-0.39, 0.29) is 0 Å². The summed E-state index contributed by atoms with van der Waals surface area (Å²) in [7, 11) is 3.14. The number of H-pyrrole nitrogens is 1. The number of methoxy groups -OCH3 is 2. The number of rotatable bonds is 9. The summed E-state index contributed by atoms with van der Waals surface area (Å²) in [5.74, 6) is 0.855.